The number of unbranched alkanes of at least 4 members (excludes halogenated alkanes) is 1. The number of aromatic nitrogens is 2. The van der Waals surface area contributed by atoms with E-state index in [1.54, 1.807) is 6.21 Å². The van der Waals surface area contributed by atoms with Crippen molar-refractivity contribution in [1.82, 2.24) is 10.2 Å². The van der Waals surface area contributed by atoms with E-state index in [4.69, 9.17) is 10.2 Å². The Hall–Kier alpha value is -2.93. The van der Waals surface area contributed by atoms with Crippen LogP contribution in [0.2, 0.25) is 0 Å². The van der Waals surface area contributed by atoms with Gasteiger partial charge in [-0.25, -0.2) is 0 Å². The van der Waals surface area contributed by atoms with Crippen molar-refractivity contribution in [3.8, 4) is 11.5 Å². The summed E-state index contributed by atoms with van der Waals surface area (Å²) in [6, 6.07) is 17.8. The van der Waals surface area contributed by atoms with E-state index in [0.29, 0.717) is 16.9 Å². The van der Waals surface area contributed by atoms with E-state index in [0.717, 1.165) is 36.1 Å². The predicted octanol–water partition coefficient (Wildman–Crippen LogP) is 4.66. The van der Waals surface area contributed by atoms with Gasteiger partial charge in [-0.1, -0.05) is 67.6 Å². The number of aryl methyl sites for hydroxylation is 1. The first kappa shape index (κ1) is 19.8. The van der Waals surface area contributed by atoms with E-state index >= 15 is 0 Å². The maximum absolute atomic E-state index is 5.89. The average Bonchev–Trinajstić information content (AvgIpc) is 3.21. The summed E-state index contributed by atoms with van der Waals surface area (Å²) in [6.07, 6.45) is 4.63. The van der Waals surface area contributed by atoms with Gasteiger partial charge in [-0.2, -0.15) is 5.10 Å². The Kier molecular flexibility index (Phi) is 7.37. The van der Waals surface area contributed by atoms with Crippen LogP contribution in [-0.2, 0) is 12.2 Å². The highest BCUT2D eigenvalue weighted by atomic mass is 32.2. The first-order valence-corrected chi connectivity index (χ1v) is 10.2. The molecule has 0 saturated carbocycles. The highest BCUT2D eigenvalue weighted by molar-refractivity contribution is 8.13. The van der Waals surface area contributed by atoms with Gasteiger partial charge in [0.05, 0.1) is 6.21 Å². The Morgan fingerprint density at radius 2 is 1.89 bits per heavy atom. The second-order valence-electron chi connectivity index (χ2n) is 6.18. The third-order valence-electron chi connectivity index (χ3n) is 3.96. The number of rotatable bonds is 8. The first-order valence-electron chi connectivity index (χ1n) is 9.20. The first-order chi connectivity index (χ1) is 13.7. The van der Waals surface area contributed by atoms with Crippen molar-refractivity contribution in [3.05, 3.63) is 71.6 Å². The zero-order valence-electron chi connectivity index (χ0n) is 15.8. The number of hydrogen-bond donors (Lipinski definition) is 1. The lowest BCUT2D eigenvalue weighted by Crippen LogP contribution is -2.05. The van der Waals surface area contributed by atoms with Gasteiger partial charge in [0.15, 0.2) is 5.17 Å². The number of amidine groups is 1. The molecule has 0 fully saturated rings. The number of benzene rings is 2. The minimum Gasteiger partial charge on any atom is -0.421 e. The summed E-state index contributed by atoms with van der Waals surface area (Å²) in [7, 11) is 0. The van der Waals surface area contributed by atoms with Gasteiger partial charge in [0.2, 0.25) is 11.8 Å². The molecule has 144 valence electrons. The Balaban J connectivity index is 1.53. The molecule has 2 N–H and O–H groups in total. The monoisotopic (exact) mass is 393 g/mol. The van der Waals surface area contributed by atoms with Crippen LogP contribution in [0.1, 0.15) is 36.8 Å². The summed E-state index contributed by atoms with van der Waals surface area (Å²) in [5, 5.41) is 16.7. The Bertz CT molecular complexity index is 919. The fourth-order valence-corrected chi connectivity index (χ4v) is 3.04. The summed E-state index contributed by atoms with van der Waals surface area (Å²) in [4.78, 5) is 0. The second-order valence-corrected chi connectivity index (χ2v) is 7.18. The molecule has 1 aromatic heterocycles. The Morgan fingerprint density at radius 3 is 2.64 bits per heavy atom. The molecule has 0 aliphatic heterocycles. The van der Waals surface area contributed by atoms with Crippen molar-refractivity contribution in [3.63, 3.8) is 0 Å². The van der Waals surface area contributed by atoms with Crippen LogP contribution in [0.25, 0.3) is 11.5 Å². The molecule has 0 radical (unpaired) electrons. The normalized spacial score (nSPS) is 12.0. The van der Waals surface area contributed by atoms with Gasteiger partial charge >= 0.3 is 0 Å². The van der Waals surface area contributed by atoms with E-state index in [2.05, 4.69) is 39.5 Å². The van der Waals surface area contributed by atoms with Crippen LogP contribution in [0, 0.1) is 0 Å². The van der Waals surface area contributed by atoms with Crippen molar-refractivity contribution in [1.29, 1.82) is 0 Å². The van der Waals surface area contributed by atoms with E-state index in [-0.39, 0.29) is 0 Å². The second kappa shape index (κ2) is 10.4. The molecule has 6 nitrogen and oxygen atoms in total. The molecule has 0 saturated heterocycles. The molecular formula is C21H23N5OS. The largest absolute Gasteiger partial charge is 0.421 e. The topological polar surface area (TPSA) is 89.7 Å². The van der Waals surface area contributed by atoms with E-state index in [1.807, 2.05) is 42.5 Å². The SMILES string of the molecule is CCCCc1nnc(-c2ccc(C=NN=C(N)SCc3ccccc3)cc2)o1. The van der Waals surface area contributed by atoms with Crippen LogP contribution in [0.15, 0.2) is 69.2 Å². The summed E-state index contributed by atoms with van der Waals surface area (Å²) < 4.78 is 5.69. The van der Waals surface area contributed by atoms with Crippen LogP contribution in [0.3, 0.4) is 0 Å². The van der Waals surface area contributed by atoms with Crippen molar-refractivity contribution in [2.24, 2.45) is 15.9 Å². The highest BCUT2D eigenvalue weighted by Crippen LogP contribution is 2.19. The molecule has 0 bridgehead atoms. The maximum Gasteiger partial charge on any atom is 0.247 e. The molecular weight excluding hydrogens is 370 g/mol. The molecule has 7 heteroatoms. The molecule has 0 unspecified atom stereocenters. The number of thioether (sulfide) groups is 1. The standard InChI is InChI=1S/C21H23N5OS/c1-2-3-9-19-24-25-20(27-19)18-12-10-16(11-13-18)14-23-26-21(22)28-15-17-7-5-4-6-8-17/h4-8,10-14H,2-3,9,15H2,1H3,(H2,22,26). The fourth-order valence-electron chi connectivity index (χ4n) is 2.42. The lowest BCUT2D eigenvalue weighted by molar-refractivity contribution is 0.496. The Labute approximate surface area is 169 Å². The van der Waals surface area contributed by atoms with E-state index in [1.165, 1.54) is 17.3 Å². The minimum atomic E-state index is 0.433. The van der Waals surface area contributed by atoms with Crippen LogP contribution < -0.4 is 5.73 Å². The smallest absolute Gasteiger partial charge is 0.247 e. The zero-order chi connectivity index (χ0) is 19.6. The summed E-state index contributed by atoms with van der Waals surface area (Å²) in [6.45, 7) is 2.14. The van der Waals surface area contributed by atoms with Crippen LogP contribution in [0.4, 0.5) is 0 Å². The maximum atomic E-state index is 5.89. The number of nitrogens with zero attached hydrogens (tertiary/aromatic N) is 4. The zero-order valence-corrected chi connectivity index (χ0v) is 16.6. The average molecular weight is 394 g/mol. The van der Waals surface area contributed by atoms with Gasteiger partial charge in [0, 0.05) is 17.7 Å². The number of nitrogens with two attached hydrogens (primary N) is 1. The lowest BCUT2D eigenvalue weighted by Gasteiger charge is -1.99. The molecule has 0 aliphatic rings. The molecule has 0 atom stereocenters. The molecule has 3 rings (SSSR count). The quantitative estimate of drug-likeness (QED) is 0.341. The van der Waals surface area contributed by atoms with Gasteiger partial charge in [-0.15, -0.1) is 15.3 Å². The van der Waals surface area contributed by atoms with Gasteiger partial charge in [-0.3, -0.25) is 0 Å². The van der Waals surface area contributed by atoms with Crippen molar-refractivity contribution < 1.29 is 4.42 Å². The summed E-state index contributed by atoms with van der Waals surface area (Å²) in [5.74, 6) is 1.99. The molecule has 0 amide bonds. The molecule has 3 aromatic rings. The summed E-state index contributed by atoms with van der Waals surface area (Å²) in [5.41, 5.74) is 8.89. The van der Waals surface area contributed by atoms with Crippen LogP contribution in [-0.4, -0.2) is 21.6 Å². The molecule has 1 heterocycles. The van der Waals surface area contributed by atoms with Crippen molar-refractivity contribution in [2.75, 3.05) is 0 Å². The third kappa shape index (κ3) is 6.06. The van der Waals surface area contributed by atoms with Crippen LogP contribution >= 0.6 is 11.8 Å². The van der Waals surface area contributed by atoms with E-state index in [9.17, 15) is 0 Å². The molecule has 28 heavy (non-hydrogen) atoms. The highest BCUT2D eigenvalue weighted by Gasteiger charge is 2.07. The number of hydrogen-bond acceptors (Lipinski definition) is 6. The fraction of sp³-hybridized carbons (Fsp3) is 0.238. The molecule has 0 aliphatic carbocycles. The van der Waals surface area contributed by atoms with E-state index < -0.39 is 0 Å². The van der Waals surface area contributed by atoms with Gasteiger partial charge < -0.3 is 10.2 Å². The molecule has 2 aromatic carbocycles. The lowest BCUT2D eigenvalue weighted by atomic mass is 10.1. The minimum absolute atomic E-state index is 0.433. The summed E-state index contributed by atoms with van der Waals surface area (Å²) >= 11 is 1.46. The van der Waals surface area contributed by atoms with Gasteiger partial charge in [-0.05, 0) is 29.7 Å². The predicted molar refractivity (Wildman–Crippen MR) is 115 cm³/mol. The van der Waals surface area contributed by atoms with Crippen LogP contribution in [0.5, 0.6) is 0 Å². The van der Waals surface area contributed by atoms with Gasteiger partial charge in [0.1, 0.15) is 0 Å². The molecule has 0 spiro atoms. The Morgan fingerprint density at radius 1 is 1.11 bits per heavy atom. The third-order valence-corrected chi connectivity index (χ3v) is 4.82. The van der Waals surface area contributed by atoms with Crippen molar-refractivity contribution >= 4 is 23.1 Å². The van der Waals surface area contributed by atoms with Gasteiger partial charge in [0.25, 0.3) is 0 Å². The van der Waals surface area contributed by atoms with Crippen molar-refractivity contribution in [2.45, 2.75) is 31.9 Å².